The van der Waals surface area contributed by atoms with E-state index in [1.807, 2.05) is 0 Å². The van der Waals surface area contributed by atoms with Crippen LogP contribution in [0.1, 0.15) is 32.6 Å². The number of nitrogens with zero attached hydrogens (tertiary/aromatic N) is 2. The number of Topliss-reactive ketones (excluding diaryl/α,β-unsaturated/α-hetero) is 1. The number of likely N-dealkylation sites (N-methyl/N-ethyl adjacent to an activating group) is 1. The third-order valence-electron chi connectivity index (χ3n) is 4.14. The Kier molecular flexibility index (Phi) is 3.98. The zero-order valence-electron chi connectivity index (χ0n) is 10.6. The van der Waals surface area contributed by atoms with Crippen LogP contribution in [-0.2, 0) is 4.79 Å². The Morgan fingerprint density at radius 1 is 1.25 bits per heavy atom. The second kappa shape index (κ2) is 5.28. The molecule has 2 aliphatic rings. The van der Waals surface area contributed by atoms with Gasteiger partial charge in [0.2, 0.25) is 0 Å². The van der Waals surface area contributed by atoms with Gasteiger partial charge < -0.3 is 4.90 Å². The third-order valence-corrected chi connectivity index (χ3v) is 4.14. The summed E-state index contributed by atoms with van der Waals surface area (Å²) in [6.07, 6.45) is 4.80. The van der Waals surface area contributed by atoms with Crippen LogP contribution in [0, 0.1) is 5.92 Å². The van der Waals surface area contributed by atoms with Gasteiger partial charge in [0.25, 0.3) is 0 Å². The molecule has 1 saturated carbocycles. The lowest BCUT2D eigenvalue weighted by atomic mass is 10.0. The number of carbonyl (C=O) groups excluding carboxylic acids is 1. The molecule has 1 unspecified atom stereocenters. The van der Waals surface area contributed by atoms with E-state index < -0.39 is 0 Å². The van der Waals surface area contributed by atoms with E-state index in [4.69, 9.17) is 0 Å². The van der Waals surface area contributed by atoms with Crippen LogP contribution in [0.15, 0.2) is 0 Å². The van der Waals surface area contributed by atoms with Crippen LogP contribution in [0.2, 0.25) is 0 Å². The topological polar surface area (TPSA) is 23.6 Å². The molecule has 1 atom stereocenters. The van der Waals surface area contributed by atoms with Crippen molar-refractivity contribution in [3.05, 3.63) is 0 Å². The molecule has 16 heavy (non-hydrogen) atoms. The number of rotatable bonds is 3. The lowest BCUT2D eigenvalue weighted by Crippen LogP contribution is -2.52. The molecule has 92 valence electrons. The Morgan fingerprint density at radius 3 is 2.56 bits per heavy atom. The molecule has 0 bridgehead atoms. The smallest absolute Gasteiger partial charge is 0.149 e. The molecule has 1 aliphatic carbocycles. The third kappa shape index (κ3) is 2.83. The first-order valence-electron chi connectivity index (χ1n) is 6.62. The molecule has 0 N–H and O–H groups in total. The van der Waals surface area contributed by atoms with Gasteiger partial charge in [-0.15, -0.1) is 0 Å². The fourth-order valence-corrected chi connectivity index (χ4v) is 2.99. The summed E-state index contributed by atoms with van der Waals surface area (Å²) in [5.74, 6) is 0.876. The van der Waals surface area contributed by atoms with Gasteiger partial charge in [-0.3, -0.25) is 9.69 Å². The van der Waals surface area contributed by atoms with E-state index >= 15 is 0 Å². The Morgan fingerprint density at radius 2 is 1.94 bits per heavy atom. The summed E-state index contributed by atoms with van der Waals surface area (Å²) >= 11 is 0. The molecule has 3 nitrogen and oxygen atoms in total. The van der Waals surface area contributed by atoms with E-state index in [9.17, 15) is 4.79 Å². The van der Waals surface area contributed by atoms with Crippen LogP contribution in [-0.4, -0.2) is 54.9 Å². The van der Waals surface area contributed by atoms with Crippen molar-refractivity contribution in [2.45, 2.75) is 38.6 Å². The minimum absolute atomic E-state index is 0.381. The van der Waals surface area contributed by atoms with E-state index in [2.05, 4.69) is 23.8 Å². The van der Waals surface area contributed by atoms with Crippen LogP contribution in [0.25, 0.3) is 0 Å². The molecular weight excluding hydrogens is 200 g/mol. The number of carbonyl (C=O) groups is 1. The van der Waals surface area contributed by atoms with Gasteiger partial charge in [0, 0.05) is 31.6 Å². The van der Waals surface area contributed by atoms with Crippen LogP contribution >= 0.6 is 0 Å². The summed E-state index contributed by atoms with van der Waals surface area (Å²) in [7, 11) is 2.16. The first-order chi connectivity index (χ1) is 7.66. The Balaban J connectivity index is 1.82. The van der Waals surface area contributed by atoms with E-state index in [1.54, 1.807) is 0 Å². The Bertz CT molecular complexity index is 248. The van der Waals surface area contributed by atoms with Crippen LogP contribution < -0.4 is 0 Å². The molecule has 0 amide bonds. The van der Waals surface area contributed by atoms with Crippen molar-refractivity contribution in [3.8, 4) is 0 Å². The highest BCUT2D eigenvalue weighted by Crippen LogP contribution is 2.26. The summed E-state index contributed by atoms with van der Waals surface area (Å²) < 4.78 is 0. The fraction of sp³-hybridized carbons (Fsp3) is 0.923. The van der Waals surface area contributed by atoms with Gasteiger partial charge in [-0.1, -0.05) is 12.8 Å². The Hall–Kier alpha value is -0.410. The van der Waals surface area contributed by atoms with E-state index in [0.717, 1.165) is 32.5 Å². The zero-order valence-corrected chi connectivity index (χ0v) is 10.6. The highest BCUT2D eigenvalue weighted by molar-refractivity contribution is 5.83. The monoisotopic (exact) mass is 224 g/mol. The summed E-state index contributed by atoms with van der Waals surface area (Å²) in [6, 6.07) is 0.532. The standard InChI is InChI=1S/C13H24N2O/c1-11-9-14(2)7-8-15(11)10-13(16)12-5-3-4-6-12/h11-12H,3-10H2,1-2H3. The summed E-state index contributed by atoms with van der Waals surface area (Å²) in [5.41, 5.74) is 0. The molecule has 0 radical (unpaired) electrons. The lowest BCUT2D eigenvalue weighted by Gasteiger charge is -2.38. The van der Waals surface area contributed by atoms with Crippen LogP contribution in [0.4, 0.5) is 0 Å². The second-order valence-corrected chi connectivity index (χ2v) is 5.53. The van der Waals surface area contributed by atoms with E-state index in [-0.39, 0.29) is 0 Å². The molecule has 0 aromatic rings. The second-order valence-electron chi connectivity index (χ2n) is 5.53. The largest absolute Gasteiger partial charge is 0.304 e. The number of piperazine rings is 1. The molecule has 1 heterocycles. The molecule has 2 fully saturated rings. The van der Waals surface area contributed by atoms with Gasteiger partial charge in [-0.05, 0) is 26.8 Å². The fourth-order valence-electron chi connectivity index (χ4n) is 2.99. The molecule has 1 saturated heterocycles. The minimum Gasteiger partial charge on any atom is -0.304 e. The van der Waals surface area contributed by atoms with Crippen LogP contribution in [0.5, 0.6) is 0 Å². The SMILES string of the molecule is CC1CN(C)CCN1CC(=O)C1CCCC1. The predicted molar refractivity (Wildman–Crippen MR) is 65.5 cm³/mol. The number of hydrogen-bond donors (Lipinski definition) is 0. The average Bonchev–Trinajstić information content (AvgIpc) is 2.75. The van der Waals surface area contributed by atoms with Crippen molar-refractivity contribution in [2.75, 3.05) is 33.2 Å². The number of hydrogen-bond acceptors (Lipinski definition) is 3. The molecular formula is C13H24N2O. The van der Waals surface area contributed by atoms with Crippen molar-refractivity contribution < 1.29 is 4.79 Å². The molecule has 1 aliphatic heterocycles. The van der Waals surface area contributed by atoms with Crippen molar-refractivity contribution in [1.82, 2.24) is 9.80 Å². The molecule has 2 rings (SSSR count). The van der Waals surface area contributed by atoms with E-state index in [0.29, 0.717) is 24.3 Å². The number of ketones is 1. The highest BCUT2D eigenvalue weighted by atomic mass is 16.1. The van der Waals surface area contributed by atoms with Gasteiger partial charge in [0.1, 0.15) is 5.78 Å². The van der Waals surface area contributed by atoms with Crippen molar-refractivity contribution in [2.24, 2.45) is 5.92 Å². The van der Waals surface area contributed by atoms with E-state index in [1.165, 1.54) is 12.8 Å². The summed E-state index contributed by atoms with van der Waals surface area (Å²) in [5, 5.41) is 0. The zero-order chi connectivity index (χ0) is 11.5. The van der Waals surface area contributed by atoms with Crippen molar-refractivity contribution in [3.63, 3.8) is 0 Å². The lowest BCUT2D eigenvalue weighted by molar-refractivity contribution is -0.124. The van der Waals surface area contributed by atoms with Crippen molar-refractivity contribution in [1.29, 1.82) is 0 Å². The van der Waals surface area contributed by atoms with Crippen molar-refractivity contribution >= 4 is 5.78 Å². The summed E-state index contributed by atoms with van der Waals surface area (Å²) in [4.78, 5) is 16.8. The van der Waals surface area contributed by atoms with Gasteiger partial charge in [0.15, 0.2) is 0 Å². The first-order valence-corrected chi connectivity index (χ1v) is 6.62. The summed E-state index contributed by atoms with van der Waals surface area (Å²) in [6.45, 7) is 6.17. The Labute approximate surface area is 98.8 Å². The first kappa shape index (κ1) is 12.1. The maximum Gasteiger partial charge on any atom is 0.149 e. The normalized spacial score (nSPS) is 29.8. The van der Waals surface area contributed by atoms with Gasteiger partial charge >= 0.3 is 0 Å². The maximum absolute atomic E-state index is 12.1. The molecule has 0 spiro atoms. The molecule has 0 aromatic heterocycles. The highest BCUT2D eigenvalue weighted by Gasteiger charge is 2.28. The van der Waals surface area contributed by atoms with Gasteiger partial charge in [0.05, 0.1) is 6.54 Å². The average molecular weight is 224 g/mol. The van der Waals surface area contributed by atoms with Crippen LogP contribution in [0.3, 0.4) is 0 Å². The molecule has 0 aromatic carbocycles. The predicted octanol–water partition coefficient (Wildman–Crippen LogP) is 1.38. The van der Waals surface area contributed by atoms with Gasteiger partial charge in [-0.25, -0.2) is 0 Å². The minimum atomic E-state index is 0.381. The van der Waals surface area contributed by atoms with Gasteiger partial charge in [-0.2, -0.15) is 0 Å². The quantitative estimate of drug-likeness (QED) is 0.723. The maximum atomic E-state index is 12.1. The molecule has 3 heteroatoms.